The number of benzene rings is 3. The van der Waals surface area contributed by atoms with Crippen molar-refractivity contribution in [2.75, 3.05) is 16.0 Å². The number of aromatic hydroxyl groups is 1. The number of nitrogens with zero attached hydrogens (tertiary/aromatic N) is 1. The third kappa shape index (κ3) is 8.07. The fourth-order valence-corrected chi connectivity index (χ4v) is 4.51. The van der Waals surface area contributed by atoms with E-state index in [2.05, 4.69) is 69.6 Å². The van der Waals surface area contributed by atoms with E-state index < -0.39 is 12.1 Å². The average molecular weight is 585 g/mol. The number of amides is 3. The number of hydrogen-bond acceptors (Lipinski definition) is 5. The van der Waals surface area contributed by atoms with Crippen molar-refractivity contribution in [3.63, 3.8) is 0 Å². The van der Waals surface area contributed by atoms with E-state index >= 15 is 0 Å². The Morgan fingerprint density at radius 3 is 2.12 bits per heavy atom. The molecule has 0 heterocycles. The van der Waals surface area contributed by atoms with Crippen LogP contribution in [0.25, 0.3) is 0 Å². The van der Waals surface area contributed by atoms with Gasteiger partial charge >= 0.3 is 6.03 Å². The average Bonchev–Trinajstić information content (AvgIpc) is 2.98. The zero-order valence-corrected chi connectivity index (χ0v) is 26.5. The molecule has 3 aromatic carbocycles. The Morgan fingerprint density at radius 2 is 1.53 bits per heavy atom. The molecule has 1 atom stereocenters. The number of aryl methyl sites for hydroxylation is 1. The number of ether oxygens (including phenoxy) is 1. The zero-order valence-electron chi connectivity index (χ0n) is 26.5. The molecule has 8 nitrogen and oxygen atoms in total. The number of carbonyl (C=O) groups excluding carboxylic acids is 2. The molecular weight excluding hydrogens is 540 g/mol. The van der Waals surface area contributed by atoms with Gasteiger partial charge in [-0.25, -0.2) is 4.79 Å². The molecule has 0 saturated heterocycles. The Labute approximate surface area is 255 Å². The third-order valence-electron chi connectivity index (χ3n) is 8.31. The van der Waals surface area contributed by atoms with Gasteiger partial charge < -0.3 is 25.8 Å². The maximum Gasteiger partial charge on any atom is 0.323 e. The van der Waals surface area contributed by atoms with E-state index in [0.717, 1.165) is 18.4 Å². The molecule has 0 aromatic heterocycles. The molecule has 0 radical (unpaired) electrons. The molecule has 0 saturated carbocycles. The highest BCUT2D eigenvalue weighted by atomic mass is 16.5. The molecule has 1 unspecified atom stereocenters. The fraction of sp³-hybridized carbons (Fsp3) is 0.400. The minimum absolute atomic E-state index is 0.0174. The number of phenolic OH excluding ortho intramolecular Hbond substituents is 1. The van der Waals surface area contributed by atoms with Crippen molar-refractivity contribution in [2.45, 2.75) is 91.6 Å². The van der Waals surface area contributed by atoms with Crippen LogP contribution in [0.5, 0.6) is 11.5 Å². The molecule has 43 heavy (non-hydrogen) atoms. The standard InChI is InChI=1S/C35H44N4O4/c1-9-30(43-31-17-14-24(34(5,6)10-2)19-26(31)35(7,8)11-3)32(41)38-27-20-29(40)28(18-22(27)4)39-33(42)37-25-15-12-23(21-36)13-16-25/h12-20,30,40H,9-11H2,1-8H3,(H,38,41)(H2,37,39,42). The predicted molar refractivity (Wildman–Crippen MR) is 173 cm³/mol. The van der Waals surface area contributed by atoms with Crippen LogP contribution in [-0.4, -0.2) is 23.1 Å². The van der Waals surface area contributed by atoms with Gasteiger partial charge in [-0.15, -0.1) is 0 Å². The first-order chi connectivity index (χ1) is 20.2. The molecule has 4 N–H and O–H groups in total. The summed E-state index contributed by atoms with van der Waals surface area (Å²) in [7, 11) is 0. The van der Waals surface area contributed by atoms with Crippen LogP contribution in [0.2, 0.25) is 0 Å². The second kappa shape index (κ2) is 13.6. The first-order valence-corrected chi connectivity index (χ1v) is 14.8. The number of hydrogen-bond donors (Lipinski definition) is 4. The van der Waals surface area contributed by atoms with Gasteiger partial charge in [0.1, 0.15) is 11.5 Å². The molecule has 3 aromatic rings. The third-order valence-corrected chi connectivity index (χ3v) is 8.31. The van der Waals surface area contributed by atoms with Crippen LogP contribution in [0.1, 0.15) is 90.0 Å². The van der Waals surface area contributed by atoms with E-state index in [-0.39, 0.29) is 28.2 Å². The minimum Gasteiger partial charge on any atom is -0.506 e. The molecule has 3 rings (SSSR count). The summed E-state index contributed by atoms with van der Waals surface area (Å²) in [6.07, 6.45) is 1.60. The molecule has 228 valence electrons. The summed E-state index contributed by atoms with van der Waals surface area (Å²) in [5, 5.41) is 27.7. The largest absolute Gasteiger partial charge is 0.506 e. The van der Waals surface area contributed by atoms with Crippen molar-refractivity contribution < 1.29 is 19.4 Å². The SMILES string of the molecule is CCC(Oc1ccc(C(C)(C)CC)cc1C(C)(C)CC)C(=O)Nc1cc(O)c(NC(=O)Nc2ccc(C#N)cc2)cc1C. The number of nitrogens with one attached hydrogen (secondary N) is 3. The molecule has 0 fully saturated rings. The van der Waals surface area contributed by atoms with Crippen molar-refractivity contribution >= 4 is 29.0 Å². The number of anilines is 3. The summed E-state index contributed by atoms with van der Waals surface area (Å²) in [6.45, 7) is 16.8. The van der Waals surface area contributed by atoms with Crippen LogP contribution in [-0.2, 0) is 15.6 Å². The maximum atomic E-state index is 13.4. The lowest BCUT2D eigenvalue weighted by molar-refractivity contribution is -0.122. The lowest BCUT2D eigenvalue weighted by Gasteiger charge is -2.31. The van der Waals surface area contributed by atoms with Crippen LogP contribution < -0.4 is 20.7 Å². The number of urea groups is 1. The zero-order chi connectivity index (χ0) is 31.9. The van der Waals surface area contributed by atoms with Gasteiger partial charge in [-0.1, -0.05) is 60.6 Å². The molecule has 0 aliphatic heterocycles. The van der Waals surface area contributed by atoms with Crippen molar-refractivity contribution in [3.8, 4) is 17.6 Å². The Morgan fingerprint density at radius 1 is 0.884 bits per heavy atom. The molecule has 0 aliphatic carbocycles. The van der Waals surface area contributed by atoms with Gasteiger partial charge in [-0.2, -0.15) is 5.26 Å². The van der Waals surface area contributed by atoms with E-state index in [0.29, 0.717) is 34.7 Å². The van der Waals surface area contributed by atoms with E-state index in [4.69, 9.17) is 10.00 Å². The van der Waals surface area contributed by atoms with E-state index in [9.17, 15) is 14.7 Å². The smallest absolute Gasteiger partial charge is 0.323 e. The van der Waals surface area contributed by atoms with Crippen LogP contribution in [0.15, 0.2) is 54.6 Å². The number of carbonyl (C=O) groups is 2. The maximum absolute atomic E-state index is 13.4. The first-order valence-electron chi connectivity index (χ1n) is 14.8. The van der Waals surface area contributed by atoms with Crippen molar-refractivity contribution in [1.82, 2.24) is 0 Å². The van der Waals surface area contributed by atoms with Crippen molar-refractivity contribution in [1.29, 1.82) is 5.26 Å². The highest BCUT2D eigenvalue weighted by Crippen LogP contribution is 2.39. The Hall–Kier alpha value is -4.51. The lowest BCUT2D eigenvalue weighted by atomic mass is 9.76. The number of nitriles is 1. The van der Waals surface area contributed by atoms with Gasteiger partial charge in [0.2, 0.25) is 0 Å². The van der Waals surface area contributed by atoms with Gasteiger partial charge in [0, 0.05) is 23.0 Å². The quantitative estimate of drug-likeness (QED) is 0.169. The topological polar surface area (TPSA) is 123 Å². The molecule has 0 aliphatic rings. The normalized spacial score (nSPS) is 12.2. The highest BCUT2D eigenvalue weighted by Gasteiger charge is 2.29. The summed E-state index contributed by atoms with van der Waals surface area (Å²) < 4.78 is 6.38. The summed E-state index contributed by atoms with van der Waals surface area (Å²) in [6, 6.07) is 17.2. The Kier molecular flexibility index (Phi) is 10.5. The van der Waals surface area contributed by atoms with Crippen LogP contribution in [0.3, 0.4) is 0 Å². The van der Waals surface area contributed by atoms with Crippen LogP contribution >= 0.6 is 0 Å². The minimum atomic E-state index is -0.756. The first kappa shape index (κ1) is 33.0. The summed E-state index contributed by atoms with van der Waals surface area (Å²) in [5.74, 6) is 0.158. The van der Waals surface area contributed by atoms with Crippen LogP contribution in [0, 0.1) is 18.3 Å². The van der Waals surface area contributed by atoms with E-state index in [1.807, 2.05) is 19.1 Å². The highest BCUT2D eigenvalue weighted by molar-refractivity contribution is 6.01. The number of phenols is 1. The summed E-state index contributed by atoms with van der Waals surface area (Å²) in [4.78, 5) is 25.9. The second-order valence-corrected chi connectivity index (χ2v) is 12.1. The lowest BCUT2D eigenvalue weighted by Crippen LogP contribution is -2.33. The predicted octanol–water partition coefficient (Wildman–Crippen LogP) is 8.39. The Bertz CT molecular complexity index is 1500. The van der Waals surface area contributed by atoms with Gasteiger partial charge in [0.25, 0.3) is 5.91 Å². The van der Waals surface area contributed by atoms with Gasteiger partial charge in [0.05, 0.1) is 17.3 Å². The summed E-state index contributed by atoms with van der Waals surface area (Å²) in [5.41, 5.74) is 4.40. The molecule has 0 spiro atoms. The van der Waals surface area contributed by atoms with Crippen molar-refractivity contribution in [3.05, 3.63) is 76.9 Å². The van der Waals surface area contributed by atoms with Crippen LogP contribution in [0.4, 0.5) is 21.9 Å². The Balaban J connectivity index is 1.77. The fourth-order valence-electron chi connectivity index (χ4n) is 4.51. The molecule has 3 amide bonds. The second-order valence-electron chi connectivity index (χ2n) is 12.1. The van der Waals surface area contributed by atoms with Gasteiger partial charge in [-0.3, -0.25) is 4.79 Å². The number of rotatable bonds is 11. The molecular formula is C35H44N4O4. The molecule has 8 heteroatoms. The van der Waals surface area contributed by atoms with E-state index in [1.165, 1.54) is 11.6 Å². The van der Waals surface area contributed by atoms with Gasteiger partial charge in [-0.05, 0) is 84.5 Å². The van der Waals surface area contributed by atoms with Crippen molar-refractivity contribution in [2.24, 2.45) is 0 Å². The monoisotopic (exact) mass is 584 g/mol. The summed E-state index contributed by atoms with van der Waals surface area (Å²) >= 11 is 0. The van der Waals surface area contributed by atoms with E-state index in [1.54, 1.807) is 37.3 Å². The molecule has 0 bridgehead atoms. The van der Waals surface area contributed by atoms with Gasteiger partial charge in [0.15, 0.2) is 6.10 Å².